The quantitative estimate of drug-likeness (QED) is 0.821. The van der Waals surface area contributed by atoms with E-state index in [4.69, 9.17) is 11.6 Å². The molecule has 1 unspecified atom stereocenters. The van der Waals surface area contributed by atoms with Crippen LogP contribution in [0.15, 0.2) is 24.3 Å². The summed E-state index contributed by atoms with van der Waals surface area (Å²) in [6.07, 6.45) is 2.32. The zero-order valence-corrected chi connectivity index (χ0v) is 9.47. The maximum Gasteiger partial charge on any atom is 0.220 e. The smallest absolute Gasteiger partial charge is 0.220 e. The number of carbonyl (C=O) groups is 1. The highest BCUT2D eigenvalue weighted by atomic mass is 35.5. The molecule has 1 N–H and O–H groups in total. The number of nitrogens with one attached hydrogen (secondary N) is 1. The molecule has 1 aromatic carbocycles. The van der Waals surface area contributed by atoms with Crippen molar-refractivity contribution in [3.05, 3.63) is 34.9 Å². The van der Waals surface area contributed by atoms with E-state index in [2.05, 4.69) is 12.2 Å². The first-order valence-corrected chi connectivity index (χ1v) is 5.51. The predicted molar refractivity (Wildman–Crippen MR) is 60.9 cm³/mol. The van der Waals surface area contributed by atoms with Gasteiger partial charge in [0.05, 0.1) is 0 Å². The van der Waals surface area contributed by atoms with E-state index in [0.29, 0.717) is 6.42 Å². The highest BCUT2D eigenvalue weighted by Crippen LogP contribution is 2.27. The molecule has 1 saturated heterocycles. The number of halogens is 1. The Bertz CT molecular complexity index is 391. The Kier molecular flexibility index (Phi) is 2.70. The van der Waals surface area contributed by atoms with Crippen LogP contribution in [-0.4, -0.2) is 11.4 Å². The first-order valence-electron chi connectivity index (χ1n) is 5.13. The number of hydrogen-bond donors (Lipinski definition) is 1. The molecule has 1 amide bonds. The topological polar surface area (TPSA) is 29.1 Å². The lowest BCUT2D eigenvalue weighted by Gasteiger charge is -2.24. The third-order valence-electron chi connectivity index (χ3n) is 2.88. The van der Waals surface area contributed by atoms with Gasteiger partial charge in [0, 0.05) is 17.0 Å². The molecular formula is C12H14ClNO. The van der Waals surface area contributed by atoms with Gasteiger partial charge in [0.1, 0.15) is 0 Å². The number of rotatable bonds is 2. The fourth-order valence-electron chi connectivity index (χ4n) is 2.05. The molecule has 0 bridgehead atoms. The van der Waals surface area contributed by atoms with Crippen LogP contribution in [0, 0.1) is 0 Å². The Morgan fingerprint density at radius 1 is 1.47 bits per heavy atom. The van der Waals surface area contributed by atoms with Gasteiger partial charge in [-0.3, -0.25) is 4.79 Å². The minimum Gasteiger partial charge on any atom is -0.351 e. The van der Waals surface area contributed by atoms with Gasteiger partial charge < -0.3 is 5.32 Å². The standard InChI is InChI=1S/C12H14ClNO/c1-12(7-6-11(15)14-12)8-9-4-2-3-5-10(9)13/h2-5H,6-8H2,1H3,(H,14,15). The maximum atomic E-state index is 11.2. The molecule has 0 aliphatic carbocycles. The Balaban J connectivity index is 2.15. The van der Waals surface area contributed by atoms with E-state index in [1.54, 1.807) is 0 Å². The van der Waals surface area contributed by atoms with Crippen LogP contribution in [0.4, 0.5) is 0 Å². The van der Waals surface area contributed by atoms with Gasteiger partial charge in [-0.1, -0.05) is 29.8 Å². The average molecular weight is 224 g/mol. The monoisotopic (exact) mass is 223 g/mol. The Morgan fingerprint density at radius 2 is 2.20 bits per heavy atom. The summed E-state index contributed by atoms with van der Waals surface area (Å²) in [7, 11) is 0. The largest absolute Gasteiger partial charge is 0.351 e. The van der Waals surface area contributed by atoms with Crippen LogP contribution in [-0.2, 0) is 11.2 Å². The van der Waals surface area contributed by atoms with E-state index >= 15 is 0 Å². The average Bonchev–Trinajstić information content (AvgIpc) is 2.51. The molecule has 15 heavy (non-hydrogen) atoms. The third-order valence-corrected chi connectivity index (χ3v) is 3.25. The second kappa shape index (κ2) is 3.86. The number of amides is 1. The summed E-state index contributed by atoms with van der Waals surface area (Å²) in [5.74, 6) is 0.143. The SMILES string of the molecule is CC1(Cc2ccccc2Cl)CCC(=O)N1. The van der Waals surface area contributed by atoms with E-state index < -0.39 is 0 Å². The molecule has 80 valence electrons. The van der Waals surface area contributed by atoms with Crippen LogP contribution in [0.25, 0.3) is 0 Å². The maximum absolute atomic E-state index is 11.2. The highest BCUT2D eigenvalue weighted by Gasteiger charge is 2.33. The molecule has 0 radical (unpaired) electrons. The Labute approximate surface area is 94.6 Å². The molecular weight excluding hydrogens is 210 g/mol. The second-order valence-electron chi connectivity index (χ2n) is 4.38. The summed E-state index contributed by atoms with van der Waals surface area (Å²) >= 11 is 6.09. The number of benzene rings is 1. The van der Waals surface area contributed by atoms with Gasteiger partial charge in [0.2, 0.25) is 5.91 Å². The Morgan fingerprint density at radius 3 is 2.80 bits per heavy atom. The molecule has 1 aliphatic heterocycles. The van der Waals surface area contributed by atoms with Gasteiger partial charge in [0.25, 0.3) is 0 Å². The van der Waals surface area contributed by atoms with Crippen LogP contribution in [0.3, 0.4) is 0 Å². The van der Waals surface area contributed by atoms with Crippen molar-refractivity contribution in [2.45, 2.75) is 31.7 Å². The zero-order chi connectivity index (χ0) is 10.9. The Hall–Kier alpha value is -1.02. The molecule has 1 heterocycles. The van der Waals surface area contributed by atoms with Crippen molar-refractivity contribution in [2.24, 2.45) is 0 Å². The fraction of sp³-hybridized carbons (Fsp3) is 0.417. The molecule has 1 aromatic rings. The summed E-state index contributed by atoms with van der Waals surface area (Å²) < 4.78 is 0. The van der Waals surface area contributed by atoms with Crippen LogP contribution in [0.5, 0.6) is 0 Å². The third kappa shape index (κ3) is 2.32. The van der Waals surface area contributed by atoms with Crippen molar-refractivity contribution >= 4 is 17.5 Å². The van der Waals surface area contributed by atoms with E-state index in [9.17, 15) is 4.79 Å². The molecule has 2 nitrogen and oxygen atoms in total. The van der Waals surface area contributed by atoms with E-state index in [-0.39, 0.29) is 11.4 Å². The first-order chi connectivity index (χ1) is 7.09. The summed E-state index contributed by atoms with van der Waals surface area (Å²) in [5, 5.41) is 3.79. The fourth-order valence-corrected chi connectivity index (χ4v) is 2.25. The van der Waals surface area contributed by atoms with Crippen LogP contribution in [0.2, 0.25) is 5.02 Å². The molecule has 2 rings (SSSR count). The predicted octanol–water partition coefficient (Wildman–Crippen LogP) is 2.55. The molecule has 0 spiro atoms. The van der Waals surface area contributed by atoms with Gasteiger partial charge >= 0.3 is 0 Å². The first kappa shape index (κ1) is 10.5. The minimum atomic E-state index is -0.123. The number of hydrogen-bond acceptors (Lipinski definition) is 1. The normalized spacial score (nSPS) is 25.3. The zero-order valence-electron chi connectivity index (χ0n) is 8.72. The van der Waals surface area contributed by atoms with Crippen LogP contribution >= 0.6 is 11.6 Å². The van der Waals surface area contributed by atoms with Gasteiger partial charge in [0.15, 0.2) is 0 Å². The van der Waals surface area contributed by atoms with Gasteiger partial charge in [-0.25, -0.2) is 0 Å². The van der Waals surface area contributed by atoms with Crippen molar-refractivity contribution in [3.8, 4) is 0 Å². The summed E-state index contributed by atoms with van der Waals surface area (Å²) in [6, 6.07) is 7.79. The summed E-state index contributed by atoms with van der Waals surface area (Å²) in [5.41, 5.74) is 0.978. The van der Waals surface area contributed by atoms with E-state index in [1.165, 1.54) is 0 Å². The summed E-state index contributed by atoms with van der Waals surface area (Å²) in [6.45, 7) is 2.07. The van der Waals surface area contributed by atoms with Gasteiger partial charge in [-0.15, -0.1) is 0 Å². The van der Waals surface area contributed by atoms with Crippen molar-refractivity contribution in [3.63, 3.8) is 0 Å². The van der Waals surface area contributed by atoms with Gasteiger partial charge in [-0.05, 0) is 31.4 Å². The van der Waals surface area contributed by atoms with E-state index in [0.717, 1.165) is 23.4 Å². The molecule has 3 heteroatoms. The molecule has 1 fully saturated rings. The van der Waals surface area contributed by atoms with Crippen molar-refractivity contribution in [1.29, 1.82) is 0 Å². The van der Waals surface area contributed by atoms with Crippen LogP contribution < -0.4 is 5.32 Å². The van der Waals surface area contributed by atoms with Crippen molar-refractivity contribution < 1.29 is 4.79 Å². The second-order valence-corrected chi connectivity index (χ2v) is 4.78. The molecule has 1 aliphatic rings. The van der Waals surface area contributed by atoms with Crippen LogP contribution in [0.1, 0.15) is 25.3 Å². The molecule has 0 saturated carbocycles. The van der Waals surface area contributed by atoms with Crippen molar-refractivity contribution in [2.75, 3.05) is 0 Å². The van der Waals surface area contributed by atoms with Crippen molar-refractivity contribution in [1.82, 2.24) is 5.32 Å². The van der Waals surface area contributed by atoms with Gasteiger partial charge in [-0.2, -0.15) is 0 Å². The van der Waals surface area contributed by atoms with E-state index in [1.807, 2.05) is 24.3 Å². The lowest BCUT2D eigenvalue weighted by molar-refractivity contribution is -0.119. The number of carbonyl (C=O) groups excluding carboxylic acids is 1. The minimum absolute atomic E-state index is 0.123. The molecule has 0 aromatic heterocycles. The lowest BCUT2D eigenvalue weighted by Crippen LogP contribution is -2.40. The lowest BCUT2D eigenvalue weighted by atomic mass is 9.91. The summed E-state index contributed by atoms with van der Waals surface area (Å²) in [4.78, 5) is 11.2. The highest BCUT2D eigenvalue weighted by molar-refractivity contribution is 6.31. The molecule has 1 atom stereocenters.